The van der Waals surface area contributed by atoms with Gasteiger partial charge in [0.2, 0.25) is 0 Å². The Labute approximate surface area is 167 Å². The number of ether oxygens (including phenoxy) is 1. The maximum atomic E-state index is 12.4. The number of allylic oxidation sites excluding steroid dienone is 1. The quantitative estimate of drug-likeness (QED) is 0.662. The van der Waals surface area contributed by atoms with Crippen molar-refractivity contribution in [1.29, 1.82) is 0 Å². The van der Waals surface area contributed by atoms with Gasteiger partial charge in [-0.25, -0.2) is 14.5 Å². The number of methoxy groups -OCH3 is 1. The van der Waals surface area contributed by atoms with E-state index >= 15 is 0 Å². The normalized spacial score (nSPS) is 13.0. The van der Waals surface area contributed by atoms with Crippen LogP contribution in [0, 0.1) is 0 Å². The largest absolute Gasteiger partial charge is 0.383 e. The van der Waals surface area contributed by atoms with Crippen LogP contribution in [0.3, 0.4) is 0 Å². The highest BCUT2D eigenvalue weighted by Gasteiger charge is 2.15. The fraction of sp³-hybridized carbons (Fsp3) is 0.250. The van der Waals surface area contributed by atoms with E-state index in [1.165, 1.54) is 6.33 Å². The van der Waals surface area contributed by atoms with Crippen molar-refractivity contribution in [2.24, 2.45) is 4.99 Å². The molecule has 0 unspecified atom stereocenters. The molecule has 0 aliphatic carbocycles. The van der Waals surface area contributed by atoms with Crippen LogP contribution in [0.5, 0.6) is 0 Å². The average molecular weight is 391 g/mol. The van der Waals surface area contributed by atoms with E-state index < -0.39 is 0 Å². The summed E-state index contributed by atoms with van der Waals surface area (Å²) in [5.41, 5.74) is 3.83. The molecule has 9 nitrogen and oxygen atoms in total. The van der Waals surface area contributed by atoms with E-state index in [1.54, 1.807) is 41.9 Å². The first kappa shape index (κ1) is 18.8. The number of rotatable bonds is 7. The molecule has 1 amide bonds. The van der Waals surface area contributed by atoms with E-state index in [9.17, 15) is 4.79 Å². The van der Waals surface area contributed by atoms with Crippen LogP contribution in [0.15, 0.2) is 47.9 Å². The Bertz CT molecular complexity index is 1090. The number of carbonyl (C=O) groups excluding carboxylic acids is 1. The van der Waals surface area contributed by atoms with Crippen LogP contribution >= 0.6 is 0 Å². The third-order valence-corrected chi connectivity index (χ3v) is 4.62. The standard InChI is InChI=1S/C20H21N7O2/c1-26(9-10-29-2)20(28)14-3-5-16(6-4-14)25-18-19-23-13-24-27(19)17(12-22-18)15-7-8-21-11-15/h3-7,11-13H,8-10H2,1-2H3,(H,22,25). The number of aromatic nitrogens is 4. The lowest BCUT2D eigenvalue weighted by Crippen LogP contribution is -2.29. The summed E-state index contributed by atoms with van der Waals surface area (Å²) < 4.78 is 6.76. The molecule has 0 bridgehead atoms. The molecule has 9 heteroatoms. The first-order valence-corrected chi connectivity index (χ1v) is 9.18. The number of hydrogen-bond donors (Lipinski definition) is 1. The topological polar surface area (TPSA) is 97.0 Å². The monoisotopic (exact) mass is 391 g/mol. The molecular formula is C20H21N7O2. The number of carbonyl (C=O) groups is 1. The Hall–Kier alpha value is -3.59. The Morgan fingerprint density at radius 3 is 2.83 bits per heavy atom. The maximum Gasteiger partial charge on any atom is 0.253 e. The van der Waals surface area contributed by atoms with Crippen LogP contribution in [0.1, 0.15) is 16.1 Å². The van der Waals surface area contributed by atoms with Gasteiger partial charge in [-0.2, -0.15) is 5.10 Å². The first-order valence-electron chi connectivity index (χ1n) is 9.18. The molecular weight excluding hydrogens is 370 g/mol. The highest BCUT2D eigenvalue weighted by atomic mass is 16.5. The van der Waals surface area contributed by atoms with E-state index in [2.05, 4.69) is 25.4 Å². The molecule has 3 heterocycles. The Morgan fingerprint density at radius 2 is 2.10 bits per heavy atom. The summed E-state index contributed by atoms with van der Waals surface area (Å²) in [5.74, 6) is 0.528. The van der Waals surface area contributed by atoms with E-state index in [0.29, 0.717) is 36.7 Å². The van der Waals surface area contributed by atoms with Crippen molar-refractivity contribution in [3.63, 3.8) is 0 Å². The van der Waals surface area contributed by atoms with Crippen LogP contribution in [0.2, 0.25) is 0 Å². The predicted octanol–water partition coefficient (Wildman–Crippen LogP) is 2.05. The van der Waals surface area contributed by atoms with E-state index in [1.807, 2.05) is 24.4 Å². The molecule has 1 aliphatic heterocycles. The third-order valence-electron chi connectivity index (χ3n) is 4.62. The number of aliphatic imine (C=N–C) groups is 1. The van der Waals surface area contributed by atoms with E-state index in [4.69, 9.17) is 4.74 Å². The summed E-state index contributed by atoms with van der Waals surface area (Å²) in [6, 6.07) is 7.24. The molecule has 0 radical (unpaired) electrons. The molecule has 148 valence electrons. The molecule has 2 aromatic heterocycles. The summed E-state index contributed by atoms with van der Waals surface area (Å²) in [6.07, 6.45) is 7.07. The average Bonchev–Trinajstić information content (AvgIpc) is 3.45. The van der Waals surface area contributed by atoms with Crippen LogP contribution < -0.4 is 5.32 Å². The minimum absolute atomic E-state index is 0.0533. The lowest BCUT2D eigenvalue weighted by atomic mass is 10.2. The minimum atomic E-state index is -0.0533. The second-order valence-corrected chi connectivity index (χ2v) is 6.56. The van der Waals surface area contributed by atoms with Gasteiger partial charge in [0, 0.05) is 43.7 Å². The molecule has 4 rings (SSSR count). The molecule has 0 saturated heterocycles. The van der Waals surface area contributed by atoms with Gasteiger partial charge in [-0.1, -0.05) is 6.08 Å². The van der Waals surface area contributed by atoms with Gasteiger partial charge >= 0.3 is 0 Å². The summed E-state index contributed by atoms with van der Waals surface area (Å²) in [7, 11) is 3.37. The van der Waals surface area contributed by atoms with Crippen molar-refractivity contribution < 1.29 is 9.53 Å². The van der Waals surface area contributed by atoms with Gasteiger partial charge in [0.25, 0.3) is 5.91 Å². The van der Waals surface area contributed by atoms with Gasteiger partial charge in [-0.05, 0) is 24.3 Å². The van der Waals surface area contributed by atoms with Crippen LogP contribution in [-0.2, 0) is 4.74 Å². The Balaban J connectivity index is 1.53. The minimum Gasteiger partial charge on any atom is -0.383 e. The van der Waals surface area contributed by atoms with Gasteiger partial charge < -0.3 is 15.0 Å². The van der Waals surface area contributed by atoms with Crippen molar-refractivity contribution in [1.82, 2.24) is 24.5 Å². The second kappa shape index (κ2) is 8.19. The van der Waals surface area contributed by atoms with E-state index in [0.717, 1.165) is 17.0 Å². The number of amides is 1. The SMILES string of the molecule is COCCN(C)C(=O)c1ccc(Nc2ncc(C3=CCN=C3)n3ncnc23)cc1. The zero-order chi connectivity index (χ0) is 20.2. The van der Waals surface area contributed by atoms with Crippen molar-refractivity contribution in [2.45, 2.75) is 0 Å². The number of fused-ring (bicyclic) bond motifs is 1. The summed E-state index contributed by atoms with van der Waals surface area (Å²) in [4.78, 5) is 27.1. The van der Waals surface area contributed by atoms with Crippen LogP contribution in [-0.4, -0.2) is 70.5 Å². The van der Waals surface area contributed by atoms with Gasteiger partial charge in [-0.3, -0.25) is 9.79 Å². The molecule has 3 aromatic rings. The number of nitrogens with one attached hydrogen (secondary N) is 1. The predicted molar refractivity (Wildman–Crippen MR) is 111 cm³/mol. The highest BCUT2D eigenvalue weighted by Crippen LogP contribution is 2.23. The van der Waals surface area contributed by atoms with Crippen molar-refractivity contribution >= 4 is 34.8 Å². The first-order chi connectivity index (χ1) is 14.2. The number of anilines is 2. The molecule has 0 saturated carbocycles. The molecule has 0 atom stereocenters. The zero-order valence-corrected chi connectivity index (χ0v) is 16.2. The second-order valence-electron chi connectivity index (χ2n) is 6.56. The van der Waals surface area contributed by atoms with E-state index in [-0.39, 0.29) is 5.91 Å². The molecule has 1 aliphatic rings. The molecule has 29 heavy (non-hydrogen) atoms. The summed E-state index contributed by atoms with van der Waals surface area (Å²) in [6.45, 7) is 1.70. The number of hydrogen-bond acceptors (Lipinski definition) is 7. The zero-order valence-electron chi connectivity index (χ0n) is 16.2. The van der Waals surface area contributed by atoms with Gasteiger partial charge in [-0.15, -0.1) is 0 Å². The molecule has 0 fully saturated rings. The van der Waals surface area contributed by atoms with Gasteiger partial charge in [0.1, 0.15) is 6.33 Å². The Morgan fingerprint density at radius 1 is 1.28 bits per heavy atom. The van der Waals surface area contributed by atoms with Gasteiger partial charge in [0.05, 0.1) is 25.0 Å². The van der Waals surface area contributed by atoms with Gasteiger partial charge in [0.15, 0.2) is 11.5 Å². The maximum absolute atomic E-state index is 12.4. The smallest absolute Gasteiger partial charge is 0.253 e. The van der Waals surface area contributed by atoms with Crippen LogP contribution in [0.4, 0.5) is 11.5 Å². The molecule has 1 N–H and O–H groups in total. The lowest BCUT2D eigenvalue weighted by Gasteiger charge is -2.17. The number of likely N-dealkylation sites (N-methyl/N-ethyl adjacent to an activating group) is 1. The number of benzene rings is 1. The summed E-state index contributed by atoms with van der Waals surface area (Å²) >= 11 is 0. The van der Waals surface area contributed by atoms with Crippen molar-refractivity contribution in [2.75, 3.05) is 39.2 Å². The highest BCUT2D eigenvalue weighted by molar-refractivity contribution is 6.11. The van der Waals surface area contributed by atoms with Crippen molar-refractivity contribution in [3.8, 4) is 0 Å². The molecule has 1 aromatic carbocycles. The third kappa shape index (κ3) is 3.85. The fourth-order valence-corrected chi connectivity index (χ4v) is 3.01. The lowest BCUT2D eigenvalue weighted by molar-refractivity contribution is 0.0744. The Kier molecular flexibility index (Phi) is 5.30. The van der Waals surface area contributed by atoms with Crippen molar-refractivity contribution in [3.05, 3.63) is 54.1 Å². The van der Waals surface area contributed by atoms with Crippen LogP contribution in [0.25, 0.3) is 11.2 Å². The molecule has 0 spiro atoms. The number of nitrogens with zero attached hydrogens (tertiary/aromatic N) is 6. The fourth-order valence-electron chi connectivity index (χ4n) is 3.01. The summed E-state index contributed by atoms with van der Waals surface area (Å²) in [5, 5.41) is 7.56.